The van der Waals surface area contributed by atoms with E-state index < -0.39 is 0 Å². The third kappa shape index (κ3) is 3.76. The summed E-state index contributed by atoms with van der Waals surface area (Å²) in [5.74, 6) is 0.0469. The molecule has 0 unspecified atom stereocenters. The zero-order valence-corrected chi connectivity index (χ0v) is 15.3. The number of likely N-dealkylation sites (tertiary alicyclic amines) is 1. The molecule has 2 heterocycles. The Labute approximate surface area is 150 Å². The molecule has 1 saturated heterocycles. The zero-order valence-electron chi connectivity index (χ0n) is 12.9. The summed E-state index contributed by atoms with van der Waals surface area (Å²) in [7, 11) is 0. The van der Waals surface area contributed by atoms with Gasteiger partial charge in [0.1, 0.15) is 0 Å². The van der Waals surface area contributed by atoms with Crippen LogP contribution in [0.3, 0.4) is 0 Å². The van der Waals surface area contributed by atoms with E-state index >= 15 is 0 Å². The number of nitrogens with zero attached hydrogens (tertiary/aromatic N) is 3. The quantitative estimate of drug-likeness (QED) is 0.844. The normalized spacial score (nSPS) is 15.3. The number of rotatable bonds is 2. The van der Waals surface area contributed by atoms with Crippen molar-refractivity contribution in [3.63, 3.8) is 0 Å². The van der Waals surface area contributed by atoms with Gasteiger partial charge in [0.05, 0.1) is 23.1 Å². The van der Waals surface area contributed by atoms with Crippen LogP contribution in [0.1, 0.15) is 28.9 Å². The molecule has 1 aromatic heterocycles. The Hall–Kier alpha value is -1.37. The monoisotopic (exact) mass is 398 g/mol. The summed E-state index contributed by atoms with van der Waals surface area (Å²) < 4.78 is 2.78. The van der Waals surface area contributed by atoms with Crippen molar-refractivity contribution >= 4 is 34.2 Å². The lowest BCUT2D eigenvalue weighted by Crippen LogP contribution is -2.42. The number of aromatic nitrogens is 2. The third-order valence-electron chi connectivity index (χ3n) is 4.12. The van der Waals surface area contributed by atoms with E-state index in [0.717, 1.165) is 41.8 Å². The van der Waals surface area contributed by atoms with Crippen molar-refractivity contribution in [1.29, 1.82) is 0 Å². The second-order valence-electron chi connectivity index (χ2n) is 5.66. The highest BCUT2D eigenvalue weighted by molar-refractivity contribution is 9.10. The number of halogens is 2. The van der Waals surface area contributed by atoms with Gasteiger partial charge < -0.3 is 10.6 Å². The fourth-order valence-electron chi connectivity index (χ4n) is 2.76. The standard InChI is InChI=1S/C16H19BrN4O.ClH/c1-11-15(16(22)20-7-5-13(18)6-8-20)10-19-21(11)14-4-2-3-12(17)9-14;/h2-4,9-10,13H,5-8,18H2,1H3;1H. The van der Waals surface area contributed by atoms with Crippen LogP contribution in [0, 0.1) is 6.92 Å². The number of hydrogen-bond donors (Lipinski definition) is 1. The van der Waals surface area contributed by atoms with Crippen LogP contribution in [0.2, 0.25) is 0 Å². The molecule has 7 heteroatoms. The van der Waals surface area contributed by atoms with Gasteiger partial charge >= 0.3 is 0 Å². The predicted molar refractivity (Wildman–Crippen MR) is 96.4 cm³/mol. The van der Waals surface area contributed by atoms with E-state index in [0.29, 0.717) is 5.56 Å². The number of amides is 1. The minimum atomic E-state index is 0. The summed E-state index contributed by atoms with van der Waals surface area (Å²) in [6.45, 7) is 3.37. The predicted octanol–water partition coefficient (Wildman–Crippen LogP) is 2.93. The summed E-state index contributed by atoms with van der Waals surface area (Å²) >= 11 is 3.46. The number of carbonyl (C=O) groups excluding carboxylic acids is 1. The lowest BCUT2D eigenvalue weighted by atomic mass is 10.1. The summed E-state index contributed by atoms with van der Waals surface area (Å²) in [5, 5.41) is 4.38. The largest absolute Gasteiger partial charge is 0.338 e. The van der Waals surface area contributed by atoms with Crippen molar-refractivity contribution in [1.82, 2.24) is 14.7 Å². The topological polar surface area (TPSA) is 64.2 Å². The first kappa shape index (κ1) is 18.0. The van der Waals surface area contributed by atoms with E-state index in [1.165, 1.54) is 0 Å². The molecule has 0 aliphatic carbocycles. The van der Waals surface area contributed by atoms with Crippen LogP contribution in [-0.4, -0.2) is 39.7 Å². The van der Waals surface area contributed by atoms with Gasteiger partial charge in [-0.15, -0.1) is 12.4 Å². The molecule has 1 fully saturated rings. The molecule has 3 rings (SSSR count). The maximum Gasteiger partial charge on any atom is 0.257 e. The summed E-state index contributed by atoms with van der Waals surface area (Å²) in [6.07, 6.45) is 3.39. The molecule has 1 aliphatic rings. The minimum absolute atomic E-state index is 0. The zero-order chi connectivity index (χ0) is 15.7. The highest BCUT2D eigenvalue weighted by Crippen LogP contribution is 2.20. The van der Waals surface area contributed by atoms with E-state index in [2.05, 4.69) is 21.0 Å². The molecule has 23 heavy (non-hydrogen) atoms. The second-order valence-corrected chi connectivity index (χ2v) is 6.58. The van der Waals surface area contributed by atoms with Crippen molar-refractivity contribution in [3.8, 4) is 5.69 Å². The SMILES string of the molecule is Cc1c(C(=O)N2CCC(N)CC2)cnn1-c1cccc(Br)c1.Cl. The summed E-state index contributed by atoms with van der Waals surface area (Å²) in [4.78, 5) is 14.5. The van der Waals surface area contributed by atoms with Gasteiger partial charge in [-0.2, -0.15) is 5.10 Å². The van der Waals surface area contributed by atoms with E-state index in [1.807, 2.05) is 36.1 Å². The Bertz CT molecular complexity index is 695. The molecule has 0 bridgehead atoms. The first-order chi connectivity index (χ1) is 10.6. The van der Waals surface area contributed by atoms with Crippen LogP contribution in [0.4, 0.5) is 0 Å². The highest BCUT2D eigenvalue weighted by atomic mass is 79.9. The molecule has 1 amide bonds. The smallest absolute Gasteiger partial charge is 0.257 e. The van der Waals surface area contributed by atoms with E-state index in [-0.39, 0.29) is 24.4 Å². The first-order valence-electron chi connectivity index (χ1n) is 7.41. The molecule has 5 nitrogen and oxygen atoms in total. The Morgan fingerprint density at radius 1 is 1.35 bits per heavy atom. The maximum atomic E-state index is 12.7. The molecular formula is C16H20BrClN4O. The lowest BCUT2D eigenvalue weighted by molar-refractivity contribution is 0.0714. The number of hydrogen-bond acceptors (Lipinski definition) is 3. The Morgan fingerprint density at radius 2 is 2.04 bits per heavy atom. The number of carbonyl (C=O) groups is 1. The van der Waals surface area contributed by atoms with Crippen molar-refractivity contribution in [2.24, 2.45) is 5.73 Å². The minimum Gasteiger partial charge on any atom is -0.338 e. The van der Waals surface area contributed by atoms with Crippen molar-refractivity contribution < 1.29 is 4.79 Å². The lowest BCUT2D eigenvalue weighted by Gasteiger charge is -2.30. The van der Waals surface area contributed by atoms with Crippen LogP contribution in [0.15, 0.2) is 34.9 Å². The fourth-order valence-corrected chi connectivity index (χ4v) is 3.15. The van der Waals surface area contributed by atoms with Gasteiger partial charge in [0.2, 0.25) is 0 Å². The fraction of sp³-hybridized carbons (Fsp3) is 0.375. The molecule has 2 N–H and O–H groups in total. The Balaban J connectivity index is 0.00000192. The molecule has 124 valence electrons. The van der Waals surface area contributed by atoms with Gasteiger partial charge in [-0.3, -0.25) is 4.79 Å². The maximum absolute atomic E-state index is 12.7. The number of nitrogens with two attached hydrogens (primary N) is 1. The van der Waals surface area contributed by atoms with Gasteiger partial charge in [-0.05, 0) is 38.0 Å². The molecule has 0 spiro atoms. The van der Waals surface area contributed by atoms with E-state index in [1.54, 1.807) is 10.9 Å². The molecule has 0 radical (unpaired) electrons. The first-order valence-corrected chi connectivity index (χ1v) is 8.21. The van der Waals surface area contributed by atoms with Gasteiger partial charge in [-0.1, -0.05) is 22.0 Å². The Morgan fingerprint density at radius 3 is 2.70 bits per heavy atom. The molecule has 0 atom stereocenters. The molecule has 1 aromatic carbocycles. The molecule has 1 aliphatic heterocycles. The van der Waals surface area contributed by atoms with Crippen LogP contribution < -0.4 is 5.73 Å². The van der Waals surface area contributed by atoms with Crippen LogP contribution in [0.5, 0.6) is 0 Å². The van der Waals surface area contributed by atoms with Gasteiger partial charge in [0, 0.05) is 23.6 Å². The number of piperidine rings is 1. The van der Waals surface area contributed by atoms with E-state index in [4.69, 9.17) is 5.73 Å². The van der Waals surface area contributed by atoms with Gasteiger partial charge in [-0.25, -0.2) is 4.68 Å². The third-order valence-corrected chi connectivity index (χ3v) is 4.61. The average molecular weight is 400 g/mol. The second kappa shape index (κ2) is 7.47. The highest BCUT2D eigenvalue weighted by Gasteiger charge is 2.24. The average Bonchev–Trinajstić information content (AvgIpc) is 2.89. The van der Waals surface area contributed by atoms with Crippen molar-refractivity contribution in [2.75, 3.05) is 13.1 Å². The molecule has 0 saturated carbocycles. The van der Waals surface area contributed by atoms with E-state index in [9.17, 15) is 4.79 Å². The van der Waals surface area contributed by atoms with Gasteiger partial charge in [0.15, 0.2) is 0 Å². The van der Waals surface area contributed by atoms with Crippen molar-refractivity contribution in [2.45, 2.75) is 25.8 Å². The van der Waals surface area contributed by atoms with Crippen LogP contribution in [0.25, 0.3) is 5.69 Å². The summed E-state index contributed by atoms with van der Waals surface area (Å²) in [5.41, 5.74) is 8.36. The van der Waals surface area contributed by atoms with Gasteiger partial charge in [0.25, 0.3) is 5.91 Å². The molecule has 2 aromatic rings. The van der Waals surface area contributed by atoms with Crippen LogP contribution in [-0.2, 0) is 0 Å². The number of benzene rings is 1. The molecular weight excluding hydrogens is 380 g/mol. The Kier molecular flexibility index (Phi) is 5.84. The van der Waals surface area contributed by atoms with Crippen LogP contribution >= 0.6 is 28.3 Å². The van der Waals surface area contributed by atoms with Crippen molar-refractivity contribution in [3.05, 3.63) is 46.2 Å². The summed E-state index contributed by atoms with van der Waals surface area (Å²) in [6, 6.07) is 8.08.